The predicted octanol–water partition coefficient (Wildman–Crippen LogP) is 2.86. The van der Waals surface area contributed by atoms with Gasteiger partial charge in [-0.05, 0) is 19.1 Å². The quantitative estimate of drug-likeness (QED) is 0.762. The van der Waals surface area contributed by atoms with Gasteiger partial charge in [0.05, 0.1) is 7.11 Å². The number of para-hydroxylation sites is 1. The fraction of sp³-hybridized carbons (Fsp3) is 0.231. The monoisotopic (exact) mass is 231 g/mol. The maximum absolute atomic E-state index is 11.3. The smallest absolute Gasteiger partial charge is 0.205 e. The summed E-state index contributed by atoms with van der Waals surface area (Å²) in [7, 11) is 1.60. The molecular formula is C13H13NO3. The first-order valence-corrected chi connectivity index (χ1v) is 5.25. The Morgan fingerprint density at radius 3 is 2.65 bits per heavy atom. The molecule has 0 N–H and O–H groups in total. The second-order valence-corrected chi connectivity index (χ2v) is 3.74. The molecule has 17 heavy (non-hydrogen) atoms. The van der Waals surface area contributed by atoms with E-state index in [-0.39, 0.29) is 5.78 Å². The number of hydrogen-bond donors (Lipinski definition) is 0. The standard InChI is InChI=1S/C13H13NO3/c1-8-12(14-17-13(8)9(2)15)10-6-4-5-7-11(10)16-3/h4-7H,1-3H3. The van der Waals surface area contributed by atoms with Crippen LogP contribution in [0.5, 0.6) is 5.75 Å². The molecule has 0 aliphatic heterocycles. The highest BCUT2D eigenvalue weighted by atomic mass is 16.5. The number of ketones is 1. The molecule has 0 aliphatic carbocycles. The summed E-state index contributed by atoms with van der Waals surface area (Å²) < 4.78 is 10.3. The minimum atomic E-state index is -0.129. The lowest BCUT2D eigenvalue weighted by Gasteiger charge is -2.05. The van der Waals surface area contributed by atoms with E-state index in [0.717, 1.165) is 11.1 Å². The highest BCUT2D eigenvalue weighted by Crippen LogP contribution is 2.32. The van der Waals surface area contributed by atoms with Crippen LogP contribution in [0.15, 0.2) is 28.8 Å². The van der Waals surface area contributed by atoms with Crippen molar-refractivity contribution in [3.8, 4) is 17.0 Å². The largest absolute Gasteiger partial charge is 0.496 e. The zero-order valence-corrected chi connectivity index (χ0v) is 9.98. The maximum Gasteiger partial charge on any atom is 0.205 e. The van der Waals surface area contributed by atoms with Crippen molar-refractivity contribution in [2.45, 2.75) is 13.8 Å². The van der Waals surface area contributed by atoms with Crippen molar-refractivity contribution in [2.24, 2.45) is 0 Å². The maximum atomic E-state index is 11.3. The molecule has 0 amide bonds. The Bertz CT molecular complexity index is 558. The number of carbonyl (C=O) groups excluding carboxylic acids is 1. The average Bonchev–Trinajstić information content (AvgIpc) is 2.71. The van der Waals surface area contributed by atoms with Gasteiger partial charge in [0.15, 0.2) is 5.78 Å². The number of aromatic nitrogens is 1. The Hall–Kier alpha value is -2.10. The zero-order chi connectivity index (χ0) is 12.4. The summed E-state index contributed by atoms with van der Waals surface area (Å²) in [5.74, 6) is 0.876. The van der Waals surface area contributed by atoms with Gasteiger partial charge in [0.2, 0.25) is 5.76 Å². The number of ether oxygens (including phenoxy) is 1. The van der Waals surface area contributed by atoms with E-state index in [0.29, 0.717) is 17.2 Å². The van der Waals surface area contributed by atoms with Crippen LogP contribution in [0.1, 0.15) is 23.0 Å². The molecule has 0 unspecified atom stereocenters. The minimum Gasteiger partial charge on any atom is -0.496 e. The van der Waals surface area contributed by atoms with Crippen LogP contribution >= 0.6 is 0 Å². The van der Waals surface area contributed by atoms with Crippen molar-refractivity contribution in [2.75, 3.05) is 7.11 Å². The summed E-state index contributed by atoms with van der Waals surface area (Å²) in [4.78, 5) is 11.3. The first-order valence-electron chi connectivity index (χ1n) is 5.25. The molecule has 1 aromatic carbocycles. The molecule has 4 heteroatoms. The summed E-state index contributed by atoms with van der Waals surface area (Å²) in [6.45, 7) is 3.27. The van der Waals surface area contributed by atoms with Crippen LogP contribution in [0.2, 0.25) is 0 Å². The molecule has 0 bridgehead atoms. The van der Waals surface area contributed by atoms with Gasteiger partial charge in [-0.25, -0.2) is 0 Å². The SMILES string of the molecule is COc1ccccc1-c1noc(C(C)=O)c1C. The van der Waals surface area contributed by atoms with E-state index in [1.165, 1.54) is 6.92 Å². The van der Waals surface area contributed by atoms with Crippen LogP contribution in [-0.2, 0) is 0 Å². The third-order valence-electron chi connectivity index (χ3n) is 2.61. The van der Waals surface area contributed by atoms with Crippen LogP contribution < -0.4 is 4.74 Å². The van der Waals surface area contributed by atoms with Gasteiger partial charge in [0, 0.05) is 18.1 Å². The lowest BCUT2D eigenvalue weighted by Crippen LogP contribution is -1.93. The Labute approximate surface area is 99.2 Å². The van der Waals surface area contributed by atoms with Gasteiger partial charge >= 0.3 is 0 Å². The molecule has 1 heterocycles. The normalized spacial score (nSPS) is 10.3. The summed E-state index contributed by atoms with van der Waals surface area (Å²) in [5.41, 5.74) is 2.21. The van der Waals surface area contributed by atoms with Gasteiger partial charge in [0.25, 0.3) is 0 Å². The molecule has 0 spiro atoms. The molecular weight excluding hydrogens is 218 g/mol. The molecule has 2 rings (SSSR count). The van der Waals surface area contributed by atoms with Gasteiger partial charge in [-0.3, -0.25) is 4.79 Å². The molecule has 0 saturated heterocycles. The van der Waals surface area contributed by atoms with Gasteiger partial charge < -0.3 is 9.26 Å². The highest BCUT2D eigenvalue weighted by Gasteiger charge is 2.18. The minimum absolute atomic E-state index is 0.129. The van der Waals surface area contributed by atoms with E-state index in [4.69, 9.17) is 9.26 Å². The van der Waals surface area contributed by atoms with Crippen LogP contribution in [0, 0.1) is 6.92 Å². The fourth-order valence-electron chi connectivity index (χ4n) is 1.76. The summed E-state index contributed by atoms with van der Waals surface area (Å²) in [6.07, 6.45) is 0. The lowest BCUT2D eigenvalue weighted by atomic mass is 10.1. The van der Waals surface area contributed by atoms with Gasteiger partial charge in [-0.15, -0.1) is 0 Å². The number of rotatable bonds is 3. The first-order chi connectivity index (χ1) is 8.15. The molecule has 0 saturated carbocycles. The van der Waals surface area contributed by atoms with E-state index < -0.39 is 0 Å². The second-order valence-electron chi connectivity index (χ2n) is 3.74. The number of benzene rings is 1. The van der Waals surface area contributed by atoms with Crippen molar-refractivity contribution < 1.29 is 14.1 Å². The van der Waals surface area contributed by atoms with Gasteiger partial charge in [-0.1, -0.05) is 17.3 Å². The molecule has 0 atom stereocenters. The van der Waals surface area contributed by atoms with Crippen LogP contribution in [-0.4, -0.2) is 18.0 Å². The Morgan fingerprint density at radius 1 is 1.35 bits per heavy atom. The third kappa shape index (κ3) is 1.93. The number of nitrogens with zero attached hydrogens (tertiary/aromatic N) is 1. The van der Waals surface area contributed by atoms with Crippen molar-refractivity contribution in [1.82, 2.24) is 5.16 Å². The lowest BCUT2D eigenvalue weighted by molar-refractivity contribution is 0.0977. The zero-order valence-electron chi connectivity index (χ0n) is 9.98. The number of hydrogen-bond acceptors (Lipinski definition) is 4. The first kappa shape index (κ1) is 11.4. The van der Waals surface area contributed by atoms with Crippen molar-refractivity contribution in [3.63, 3.8) is 0 Å². The topological polar surface area (TPSA) is 52.3 Å². The van der Waals surface area contributed by atoms with Crippen LogP contribution in [0.25, 0.3) is 11.3 Å². The van der Waals surface area contributed by atoms with Crippen LogP contribution in [0.3, 0.4) is 0 Å². The summed E-state index contributed by atoms with van der Waals surface area (Å²) in [5, 5.41) is 3.94. The predicted molar refractivity (Wildman–Crippen MR) is 63.2 cm³/mol. The summed E-state index contributed by atoms with van der Waals surface area (Å²) in [6, 6.07) is 7.49. The Morgan fingerprint density at radius 2 is 2.06 bits per heavy atom. The summed E-state index contributed by atoms with van der Waals surface area (Å²) >= 11 is 0. The molecule has 2 aromatic rings. The average molecular weight is 231 g/mol. The van der Waals surface area contributed by atoms with Gasteiger partial charge in [-0.2, -0.15) is 0 Å². The molecule has 0 aliphatic rings. The van der Waals surface area contributed by atoms with E-state index in [2.05, 4.69) is 5.16 Å². The highest BCUT2D eigenvalue weighted by molar-refractivity contribution is 5.94. The van der Waals surface area contributed by atoms with Crippen LogP contribution in [0.4, 0.5) is 0 Å². The van der Waals surface area contributed by atoms with Crippen molar-refractivity contribution >= 4 is 5.78 Å². The Balaban J connectivity index is 2.57. The Kier molecular flexibility index (Phi) is 2.95. The molecule has 88 valence electrons. The van der Waals surface area contributed by atoms with E-state index in [1.807, 2.05) is 31.2 Å². The van der Waals surface area contributed by atoms with Gasteiger partial charge in [0.1, 0.15) is 11.4 Å². The third-order valence-corrected chi connectivity index (χ3v) is 2.61. The molecule has 0 fully saturated rings. The van der Waals surface area contributed by atoms with Crippen molar-refractivity contribution in [3.05, 3.63) is 35.6 Å². The number of carbonyl (C=O) groups is 1. The molecule has 1 aromatic heterocycles. The fourth-order valence-corrected chi connectivity index (χ4v) is 1.76. The van der Waals surface area contributed by atoms with E-state index in [1.54, 1.807) is 7.11 Å². The van der Waals surface area contributed by atoms with E-state index >= 15 is 0 Å². The number of Topliss-reactive ketones (excluding diaryl/α,β-unsaturated/α-hetero) is 1. The molecule has 4 nitrogen and oxygen atoms in total. The van der Waals surface area contributed by atoms with E-state index in [9.17, 15) is 4.79 Å². The second kappa shape index (κ2) is 4.41. The molecule has 0 radical (unpaired) electrons. The number of methoxy groups -OCH3 is 1. The van der Waals surface area contributed by atoms with Crippen molar-refractivity contribution in [1.29, 1.82) is 0 Å².